The van der Waals surface area contributed by atoms with E-state index in [2.05, 4.69) is 0 Å². The average molecular weight is 150 g/mol. The van der Waals surface area contributed by atoms with Crippen LogP contribution in [0.4, 0.5) is 0 Å². The number of hydrogen-bond donors (Lipinski definition) is 0. The molecule has 0 atom stereocenters. The molecule has 0 aliphatic heterocycles. The molecule has 0 unspecified atom stereocenters. The van der Waals surface area contributed by atoms with Crippen LogP contribution < -0.4 is 0 Å². The quantitative estimate of drug-likeness (QED) is 0.474. The maximum atomic E-state index is 9.78. The lowest BCUT2D eigenvalue weighted by Gasteiger charge is -1.89. The van der Waals surface area contributed by atoms with Crippen LogP contribution in [0.25, 0.3) is 0 Å². The van der Waals surface area contributed by atoms with Gasteiger partial charge in [-0.25, -0.2) is 4.79 Å². The number of thioether (sulfide) groups is 1. The fourth-order valence-electron chi connectivity index (χ4n) is 0.591. The number of benzene rings is 1. The van der Waals surface area contributed by atoms with E-state index in [1.807, 2.05) is 30.3 Å². The second-order valence-corrected chi connectivity index (χ2v) is 2.61. The van der Waals surface area contributed by atoms with Crippen molar-refractivity contribution in [2.24, 2.45) is 0 Å². The molecule has 0 aromatic heterocycles. The van der Waals surface area contributed by atoms with Gasteiger partial charge in [-0.15, -0.1) is 0 Å². The summed E-state index contributed by atoms with van der Waals surface area (Å²) >= 11 is 1.37. The summed E-state index contributed by atoms with van der Waals surface area (Å²) in [5, 5.41) is 1.40. The normalized spacial score (nSPS) is 8.40. The van der Waals surface area contributed by atoms with E-state index < -0.39 is 0 Å². The molecule has 0 saturated carbocycles. The Labute approximate surface area is 63.8 Å². The standard InChI is InChI=1S/C8H6OS/c9-6-7-10-8-4-2-1-3-5-8/h1-5,7H. The highest BCUT2D eigenvalue weighted by Crippen LogP contribution is 2.16. The first-order valence-corrected chi connectivity index (χ1v) is 3.72. The van der Waals surface area contributed by atoms with Crippen molar-refractivity contribution in [1.82, 2.24) is 0 Å². The van der Waals surface area contributed by atoms with Crippen LogP contribution in [-0.2, 0) is 4.79 Å². The Hall–Kier alpha value is -0.980. The van der Waals surface area contributed by atoms with Crippen molar-refractivity contribution in [3.63, 3.8) is 0 Å². The first kappa shape index (κ1) is 7.13. The average Bonchev–Trinajstić information content (AvgIpc) is 2.03. The number of hydrogen-bond acceptors (Lipinski definition) is 2. The summed E-state index contributed by atoms with van der Waals surface area (Å²) in [7, 11) is 0. The molecule has 0 aliphatic carbocycles. The van der Waals surface area contributed by atoms with Crippen molar-refractivity contribution in [1.29, 1.82) is 0 Å². The summed E-state index contributed by atoms with van der Waals surface area (Å²) in [6, 6.07) is 9.69. The third-order valence-corrected chi connectivity index (χ3v) is 1.74. The molecule has 1 nitrogen and oxygen atoms in total. The van der Waals surface area contributed by atoms with Gasteiger partial charge in [0.1, 0.15) is 5.94 Å². The molecule has 0 heterocycles. The van der Waals surface area contributed by atoms with E-state index in [-0.39, 0.29) is 0 Å². The largest absolute Gasteiger partial charge is 0.233 e. The highest BCUT2D eigenvalue weighted by Gasteiger charge is 1.84. The van der Waals surface area contributed by atoms with Gasteiger partial charge in [-0.3, -0.25) is 0 Å². The zero-order valence-electron chi connectivity index (χ0n) is 5.28. The van der Waals surface area contributed by atoms with Gasteiger partial charge in [0.15, 0.2) is 0 Å². The van der Waals surface area contributed by atoms with Crippen molar-refractivity contribution in [3.8, 4) is 0 Å². The topological polar surface area (TPSA) is 17.1 Å². The number of carbonyl (C=O) groups excluding carboxylic acids is 1. The molecule has 10 heavy (non-hydrogen) atoms. The van der Waals surface area contributed by atoms with Gasteiger partial charge in [0, 0.05) is 4.90 Å². The van der Waals surface area contributed by atoms with Gasteiger partial charge in [0.05, 0.1) is 5.41 Å². The van der Waals surface area contributed by atoms with Crippen molar-refractivity contribution in [2.75, 3.05) is 0 Å². The van der Waals surface area contributed by atoms with Crippen LogP contribution in [-0.4, -0.2) is 5.94 Å². The molecule has 0 spiro atoms. The second-order valence-electron chi connectivity index (χ2n) is 1.67. The zero-order chi connectivity index (χ0) is 7.23. The van der Waals surface area contributed by atoms with E-state index in [1.54, 1.807) is 5.94 Å². The van der Waals surface area contributed by atoms with Gasteiger partial charge >= 0.3 is 0 Å². The van der Waals surface area contributed by atoms with Crippen molar-refractivity contribution in [2.45, 2.75) is 4.90 Å². The van der Waals surface area contributed by atoms with E-state index in [1.165, 1.54) is 17.2 Å². The predicted molar refractivity (Wildman–Crippen MR) is 42.6 cm³/mol. The van der Waals surface area contributed by atoms with Crippen LogP contribution in [0.2, 0.25) is 0 Å². The van der Waals surface area contributed by atoms with Gasteiger partial charge < -0.3 is 0 Å². The molecule has 0 N–H and O–H groups in total. The number of rotatable bonds is 2. The van der Waals surface area contributed by atoms with Gasteiger partial charge in [0.2, 0.25) is 0 Å². The molecule has 0 radical (unpaired) electrons. The highest BCUT2D eigenvalue weighted by atomic mass is 32.2. The lowest BCUT2D eigenvalue weighted by molar-refractivity contribution is 0.569. The van der Waals surface area contributed by atoms with Crippen LogP contribution >= 0.6 is 11.8 Å². The Balaban J connectivity index is 2.67. The molecule has 0 saturated heterocycles. The Kier molecular flexibility index (Phi) is 2.81. The SMILES string of the molecule is O=C=CSc1ccccc1. The van der Waals surface area contributed by atoms with E-state index in [9.17, 15) is 4.79 Å². The molecule has 50 valence electrons. The van der Waals surface area contributed by atoms with Gasteiger partial charge in [-0.1, -0.05) is 30.0 Å². The molecule has 0 bridgehead atoms. The molecule has 1 aromatic carbocycles. The van der Waals surface area contributed by atoms with Crippen LogP contribution in [0.15, 0.2) is 40.6 Å². The maximum Gasteiger partial charge on any atom is 0.131 e. The third-order valence-electron chi connectivity index (χ3n) is 0.986. The lowest BCUT2D eigenvalue weighted by atomic mass is 10.4. The van der Waals surface area contributed by atoms with E-state index in [4.69, 9.17) is 0 Å². The maximum absolute atomic E-state index is 9.78. The smallest absolute Gasteiger partial charge is 0.131 e. The Morgan fingerprint density at radius 3 is 2.60 bits per heavy atom. The second kappa shape index (κ2) is 3.94. The molecule has 0 fully saturated rings. The fourth-order valence-corrected chi connectivity index (χ4v) is 1.09. The van der Waals surface area contributed by atoms with Crippen molar-refractivity contribution >= 4 is 17.7 Å². The Morgan fingerprint density at radius 2 is 2.00 bits per heavy atom. The molecular formula is C8H6OS. The minimum Gasteiger partial charge on any atom is -0.233 e. The minimum atomic E-state index is 1.06. The van der Waals surface area contributed by atoms with E-state index in [0.717, 1.165) is 4.90 Å². The van der Waals surface area contributed by atoms with Crippen LogP contribution in [0, 0.1) is 0 Å². The van der Waals surface area contributed by atoms with Crippen LogP contribution in [0.3, 0.4) is 0 Å². The Morgan fingerprint density at radius 1 is 1.30 bits per heavy atom. The first-order chi connectivity index (χ1) is 4.93. The minimum absolute atomic E-state index is 1.06. The first-order valence-electron chi connectivity index (χ1n) is 2.84. The van der Waals surface area contributed by atoms with Gasteiger partial charge in [-0.05, 0) is 12.1 Å². The molecule has 0 amide bonds. The van der Waals surface area contributed by atoms with Crippen LogP contribution in [0.5, 0.6) is 0 Å². The third kappa shape index (κ3) is 2.09. The Bertz CT molecular complexity index is 237. The zero-order valence-corrected chi connectivity index (χ0v) is 6.10. The molecule has 0 aliphatic rings. The summed E-state index contributed by atoms with van der Waals surface area (Å²) in [4.78, 5) is 10.8. The van der Waals surface area contributed by atoms with Gasteiger partial charge in [-0.2, -0.15) is 0 Å². The predicted octanol–water partition coefficient (Wildman–Crippen LogP) is 2.12. The summed E-state index contributed by atoms with van der Waals surface area (Å²) in [5.41, 5.74) is 0. The lowest BCUT2D eigenvalue weighted by Crippen LogP contribution is -1.63. The summed E-state index contributed by atoms with van der Waals surface area (Å²) in [6.07, 6.45) is 0. The van der Waals surface area contributed by atoms with Crippen LogP contribution in [0.1, 0.15) is 0 Å². The van der Waals surface area contributed by atoms with E-state index >= 15 is 0 Å². The van der Waals surface area contributed by atoms with Crippen molar-refractivity contribution in [3.05, 3.63) is 35.7 Å². The molecule has 1 rings (SSSR count). The highest BCUT2D eigenvalue weighted by molar-refractivity contribution is 8.02. The van der Waals surface area contributed by atoms with Crippen molar-refractivity contribution < 1.29 is 4.79 Å². The molecular weight excluding hydrogens is 144 g/mol. The fraction of sp³-hybridized carbons (Fsp3) is 0. The molecule has 1 aromatic rings. The van der Waals surface area contributed by atoms with Gasteiger partial charge in [0.25, 0.3) is 0 Å². The summed E-state index contributed by atoms with van der Waals surface area (Å²) in [5.74, 6) is 1.70. The van der Waals surface area contributed by atoms with E-state index in [0.29, 0.717) is 0 Å². The summed E-state index contributed by atoms with van der Waals surface area (Å²) in [6.45, 7) is 0. The summed E-state index contributed by atoms with van der Waals surface area (Å²) < 4.78 is 0. The monoisotopic (exact) mass is 150 g/mol. The molecule has 2 heteroatoms.